The number of benzene rings is 1. The van der Waals surface area contributed by atoms with Gasteiger partial charge >= 0.3 is 0 Å². The van der Waals surface area contributed by atoms with Gasteiger partial charge in [0.2, 0.25) is 5.75 Å². The third-order valence-electron chi connectivity index (χ3n) is 3.66. The van der Waals surface area contributed by atoms with Crippen LogP contribution in [-0.2, 0) is 4.74 Å². The molecule has 2 atom stereocenters. The standard InChI is InChI=1S/C15H21ClO4/c1-17-12-7-11(8-13(18-2)15(12)19-3)14-10(9-16)5-4-6-20-14/h7-8,10,14H,4-6,9H2,1-3H3. The second-order valence-corrected chi connectivity index (χ2v) is 5.12. The van der Waals surface area contributed by atoms with Crippen molar-refractivity contribution in [1.29, 1.82) is 0 Å². The second kappa shape index (κ2) is 7.04. The van der Waals surface area contributed by atoms with Crippen LogP contribution in [0.4, 0.5) is 0 Å². The van der Waals surface area contributed by atoms with Crippen molar-refractivity contribution in [3.05, 3.63) is 17.7 Å². The molecule has 1 heterocycles. The molecule has 112 valence electrons. The first-order chi connectivity index (χ1) is 9.74. The van der Waals surface area contributed by atoms with Gasteiger partial charge in [-0.25, -0.2) is 0 Å². The molecule has 2 rings (SSSR count). The SMILES string of the molecule is COc1cc(C2OCCCC2CCl)cc(OC)c1OC. The predicted molar refractivity (Wildman–Crippen MR) is 78.2 cm³/mol. The highest BCUT2D eigenvalue weighted by molar-refractivity contribution is 6.18. The molecule has 1 aromatic rings. The summed E-state index contributed by atoms with van der Waals surface area (Å²) in [6, 6.07) is 3.88. The quantitative estimate of drug-likeness (QED) is 0.781. The van der Waals surface area contributed by atoms with Crippen LogP contribution in [0, 0.1) is 5.92 Å². The van der Waals surface area contributed by atoms with Crippen molar-refractivity contribution in [2.45, 2.75) is 18.9 Å². The van der Waals surface area contributed by atoms with Gasteiger partial charge in [0, 0.05) is 18.4 Å². The molecule has 1 fully saturated rings. The van der Waals surface area contributed by atoms with Crippen LogP contribution in [0.2, 0.25) is 0 Å². The van der Waals surface area contributed by atoms with Crippen LogP contribution in [0.1, 0.15) is 24.5 Å². The molecule has 0 saturated carbocycles. The van der Waals surface area contributed by atoms with E-state index in [-0.39, 0.29) is 6.10 Å². The lowest BCUT2D eigenvalue weighted by Crippen LogP contribution is -2.23. The van der Waals surface area contributed by atoms with Crippen LogP contribution >= 0.6 is 11.6 Å². The van der Waals surface area contributed by atoms with Gasteiger partial charge < -0.3 is 18.9 Å². The molecule has 0 bridgehead atoms. The van der Waals surface area contributed by atoms with Crippen molar-refractivity contribution in [2.24, 2.45) is 5.92 Å². The van der Waals surface area contributed by atoms with Crippen molar-refractivity contribution in [2.75, 3.05) is 33.8 Å². The highest BCUT2D eigenvalue weighted by atomic mass is 35.5. The molecule has 4 nitrogen and oxygen atoms in total. The van der Waals surface area contributed by atoms with Crippen LogP contribution < -0.4 is 14.2 Å². The molecule has 1 aliphatic rings. The van der Waals surface area contributed by atoms with Crippen LogP contribution in [0.15, 0.2) is 12.1 Å². The van der Waals surface area contributed by atoms with E-state index in [2.05, 4.69) is 0 Å². The lowest BCUT2D eigenvalue weighted by Gasteiger charge is -2.31. The van der Waals surface area contributed by atoms with Gasteiger partial charge in [-0.15, -0.1) is 11.6 Å². The van der Waals surface area contributed by atoms with E-state index in [9.17, 15) is 0 Å². The summed E-state index contributed by atoms with van der Waals surface area (Å²) in [5, 5.41) is 0. The van der Waals surface area contributed by atoms with Crippen LogP contribution in [0.5, 0.6) is 17.2 Å². The molecule has 5 heteroatoms. The van der Waals surface area contributed by atoms with E-state index in [0.717, 1.165) is 25.0 Å². The average molecular weight is 301 g/mol. The van der Waals surface area contributed by atoms with Gasteiger partial charge in [-0.05, 0) is 30.5 Å². The highest BCUT2D eigenvalue weighted by Gasteiger charge is 2.28. The Balaban J connectivity index is 2.40. The lowest BCUT2D eigenvalue weighted by molar-refractivity contribution is -0.0210. The summed E-state index contributed by atoms with van der Waals surface area (Å²) in [7, 11) is 4.82. The fourth-order valence-corrected chi connectivity index (χ4v) is 2.95. The molecule has 2 unspecified atom stereocenters. The van der Waals surface area contributed by atoms with Crippen molar-refractivity contribution >= 4 is 11.6 Å². The summed E-state index contributed by atoms with van der Waals surface area (Å²) in [5.74, 6) is 2.78. The average Bonchev–Trinajstić information content (AvgIpc) is 2.53. The van der Waals surface area contributed by atoms with Gasteiger partial charge in [-0.1, -0.05) is 0 Å². The summed E-state index contributed by atoms with van der Waals surface area (Å²) in [6.45, 7) is 0.759. The maximum Gasteiger partial charge on any atom is 0.203 e. The van der Waals surface area contributed by atoms with E-state index < -0.39 is 0 Å². The van der Waals surface area contributed by atoms with E-state index in [1.807, 2.05) is 12.1 Å². The van der Waals surface area contributed by atoms with Gasteiger partial charge in [0.15, 0.2) is 11.5 Å². The minimum Gasteiger partial charge on any atom is -0.493 e. The minimum absolute atomic E-state index is 0.0186. The number of hydrogen-bond donors (Lipinski definition) is 0. The first-order valence-electron chi connectivity index (χ1n) is 6.72. The molecule has 1 aliphatic heterocycles. The number of rotatable bonds is 5. The van der Waals surface area contributed by atoms with Crippen LogP contribution in [0.25, 0.3) is 0 Å². The van der Waals surface area contributed by atoms with Gasteiger partial charge in [0.25, 0.3) is 0 Å². The Kier molecular flexibility index (Phi) is 5.38. The molecule has 1 aromatic carbocycles. The molecule has 0 N–H and O–H groups in total. The summed E-state index contributed by atoms with van der Waals surface area (Å²) in [6.07, 6.45) is 2.11. The second-order valence-electron chi connectivity index (χ2n) is 4.81. The first-order valence-corrected chi connectivity index (χ1v) is 7.26. The van der Waals surface area contributed by atoms with Gasteiger partial charge in [0.1, 0.15) is 0 Å². The van der Waals surface area contributed by atoms with Crippen LogP contribution in [0.3, 0.4) is 0 Å². The number of hydrogen-bond acceptors (Lipinski definition) is 4. The summed E-state index contributed by atoms with van der Waals surface area (Å²) in [4.78, 5) is 0. The van der Waals surface area contributed by atoms with Crippen molar-refractivity contribution in [1.82, 2.24) is 0 Å². The zero-order valence-corrected chi connectivity index (χ0v) is 12.9. The molecule has 20 heavy (non-hydrogen) atoms. The van der Waals surface area contributed by atoms with Crippen LogP contribution in [-0.4, -0.2) is 33.8 Å². The Morgan fingerprint density at radius 1 is 1.15 bits per heavy atom. The summed E-state index contributed by atoms with van der Waals surface area (Å²) in [5.41, 5.74) is 1.02. The van der Waals surface area contributed by atoms with Crippen molar-refractivity contribution in [3.8, 4) is 17.2 Å². The third kappa shape index (κ3) is 2.96. The van der Waals surface area contributed by atoms with Crippen molar-refractivity contribution in [3.63, 3.8) is 0 Å². The topological polar surface area (TPSA) is 36.9 Å². The maximum atomic E-state index is 6.06. The Labute approximate surface area is 124 Å². The molecule has 0 spiro atoms. The van der Waals surface area contributed by atoms with E-state index in [1.54, 1.807) is 21.3 Å². The monoisotopic (exact) mass is 300 g/mol. The number of halogens is 1. The predicted octanol–water partition coefficient (Wildman–Crippen LogP) is 3.42. The fraction of sp³-hybridized carbons (Fsp3) is 0.600. The lowest BCUT2D eigenvalue weighted by atomic mass is 9.90. The van der Waals surface area contributed by atoms with E-state index in [0.29, 0.717) is 29.0 Å². The Morgan fingerprint density at radius 2 is 1.80 bits per heavy atom. The normalized spacial score (nSPS) is 22.4. The number of ether oxygens (including phenoxy) is 4. The Bertz CT molecular complexity index is 424. The molecule has 1 saturated heterocycles. The number of methoxy groups -OCH3 is 3. The smallest absolute Gasteiger partial charge is 0.203 e. The molecular weight excluding hydrogens is 280 g/mol. The summed E-state index contributed by atoms with van der Waals surface area (Å²) < 4.78 is 22.0. The van der Waals surface area contributed by atoms with E-state index in [4.69, 9.17) is 30.5 Å². The first kappa shape index (κ1) is 15.3. The molecular formula is C15H21ClO4. The highest BCUT2D eigenvalue weighted by Crippen LogP contribution is 2.43. The number of alkyl halides is 1. The molecule has 0 radical (unpaired) electrons. The minimum atomic E-state index is -0.0186. The fourth-order valence-electron chi connectivity index (χ4n) is 2.64. The zero-order chi connectivity index (χ0) is 14.5. The molecule has 0 amide bonds. The van der Waals surface area contributed by atoms with Gasteiger partial charge in [-0.2, -0.15) is 0 Å². The molecule has 0 aromatic heterocycles. The van der Waals surface area contributed by atoms with E-state index >= 15 is 0 Å². The maximum absolute atomic E-state index is 6.06. The van der Waals surface area contributed by atoms with Gasteiger partial charge in [-0.3, -0.25) is 0 Å². The van der Waals surface area contributed by atoms with E-state index in [1.165, 1.54) is 0 Å². The summed E-state index contributed by atoms with van der Waals surface area (Å²) >= 11 is 6.06. The van der Waals surface area contributed by atoms with Gasteiger partial charge in [0.05, 0.1) is 27.4 Å². The Hall–Kier alpha value is -1.13. The third-order valence-corrected chi connectivity index (χ3v) is 4.05. The molecule has 0 aliphatic carbocycles. The largest absolute Gasteiger partial charge is 0.493 e. The van der Waals surface area contributed by atoms with Crippen molar-refractivity contribution < 1.29 is 18.9 Å². The Morgan fingerprint density at radius 3 is 2.30 bits per heavy atom. The zero-order valence-electron chi connectivity index (χ0n) is 12.1.